The van der Waals surface area contributed by atoms with Crippen molar-refractivity contribution in [3.05, 3.63) is 66.5 Å². The zero-order chi connectivity index (χ0) is 18.1. The topological polar surface area (TPSA) is 21.2 Å². The predicted molar refractivity (Wildman–Crippen MR) is 115 cm³/mol. The molecule has 6 rings (SSSR count). The average Bonchev–Trinajstić information content (AvgIpc) is 3.31. The molecule has 4 heterocycles. The van der Waals surface area contributed by atoms with Crippen LogP contribution in [0.4, 0.5) is 0 Å². The predicted octanol–water partition coefficient (Wildman–Crippen LogP) is 5.72. The highest BCUT2D eigenvalue weighted by atomic mass is 32.1. The van der Waals surface area contributed by atoms with Crippen LogP contribution >= 0.6 is 22.7 Å². The van der Waals surface area contributed by atoms with Crippen LogP contribution in [0.5, 0.6) is 0 Å². The molecule has 0 aliphatic rings. The first kappa shape index (κ1) is 15.3. The van der Waals surface area contributed by atoms with E-state index in [9.17, 15) is 0 Å². The molecule has 130 valence electrons. The molecule has 5 heteroatoms. The van der Waals surface area contributed by atoms with Gasteiger partial charge in [-0.3, -0.25) is 0 Å². The van der Waals surface area contributed by atoms with Crippen LogP contribution in [0.3, 0.4) is 0 Å². The summed E-state index contributed by atoms with van der Waals surface area (Å²) in [7, 11) is 2.14. The molecule has 0 unspecified atom stereocenters. The van der Waals surface area contributed by atoms with E-state index in [4.69, 9.17) is 0 Å². The van der Waals surface area contributed by atoms with Gasteiger partial charge in [0.2, 0.25) is 4.83 Å². The Kier molecular flexibility index (Phi) is 3.05. The first-order valence-corrected chi connectivity index (χ1v) is 10.5. The van der Waals surface area contributed by atoms with Gasteiger partial charge in [0.05, 0.1) is 17.3 Å². The maximum Gasteiger partial charge on any atom is 0.296 e. The highest BCUT2D eigenvalue weighted by molar-refractivity contribution is 7.26. The monoisotopic (exact) mass is 386 g/mol. The van der Waals surface area contributed by atoms with E-state index in [1.54, 1.807) is 11.3 Å². The standard InChI is InChI=1S/C22H16N3S2/c1-13-9-10-15-14-6-3-4-8-17(14)26-20(15)19(13)22-24(2)12-18-25(22)16-7-5-11-23-21(16)27-18/h3-12H,1-2H3/q+1. The Morgan fingerprint density at radius 1 is 0.963 bits per heavy atom. The minimum atomic E-state index is 1.08. The molecule has 0 amide bonds. The summed E-state index contributed by atoms with van der Waals surface area (Å²) in [6.45, 7) is 2.21. The molecule has 6 aromatic rings. The van der Waals surface area contributed by atoms with Crippen molar-refractivity contribution >= 4 is 58.0 Å². The van der Waals surface area contributed by atoms with Gasteiger partial charge in [-0.05, 0) is 30.7 Å². The fourth-order valence-electron chi connectivity index (χ4n) is 4.04. The number of thiophene rings is 1. The molecule has 27 heavy (non-hydrogen) atoms. The van der Waals surface area contributed by atoms with Crippen molar-refractivity contribution in [3.8, 4) is 11.4 Å². The van der Waals surface area contributed by atoms with Gasteiger partial charge in [0.15, 0.2) is 10.3 Å². The fraction of sp³-hybridized carbons (Fsp3) is 0.0909. The summed E-state index contributed by atoms with van der Waals surface area (Å²) in [6.07, 6.45) is 4.09. The summed E-state index contributed by atoms with van der Waals surface area (Å²) in [5, 5.41) is 2.68. The molecule has 0 spiro atoms. The summed E-state index contributed by atoms with van der Waals surface area (Å²) in [6, 6.07) is 17.4. The molecular weight excluding hydrogens is 370 g/mol. The van der Waals surface area contributed by atoms with Crippen LogP contribution in [-0.2, 0) is 7.05 Å². The molecule has 0 atom stereocenters. The second-order valence-electron chi connectivity index (χ2n) is 6.90. The number of hydrogen-bond donors (Lipinski definition) is 0. The van der Waals surface area contributed by atoms with Crippen LogP contribution in [0.15, 0.2) is 60.9 Å². The highest BCUT2D eigenvalue weighted by Crippen LogP contribution is 2.41. The average molecular weight is 387 g/mol. The van der Waals surface area contributed by atoms with Crippen molar-refractivity contribution < 1.29 is 4.57 Å². The molecule has 3 nitrogen and oxygen atoms in total. The minimum Gasteiger partial charge on any atom is -0.241 e. The zero-order valence-electron chi connectivity index (χ0n) is 14.9. The quantitative estimate of drug-likeness (QED) is 0.331. The third-order valence-corrected chi connectivity index (χ3v) is 7.45. The number of hydrogen-bond acceptors (Lipinski definition) is 3. The number of fused-ring (bicyclic) bond motifs is 6. The first-order valence-electron chi connectivity index (χ1n) is 8.88. The van der Waals surface area contributed by atoms with Gasteiger partial charge in [0.1, 0.15) is 6.20 Å². The molecule has 0 N–H and O–H groups in total. The van der Waals surface area contributed by atoms with E-state index >= 15 is 0 Å². The van der Waals surface area contributed by atoms with Crippen molar-refractivity contribution in [1.29, 1.82) is 0 Å². The van der Waals surface area contributed by atoms with Gasteiger partial charge >= 0.3 is 0 Å². The Morgan fingerprint density at radius 3 is 2.78 bits per heavy atom. The largest absolute Gasteiger partial charge is 0.296 e. The minimum absolute atomic E-state index is 1.08. The highest BCUT2D eigenvalue weighted by Gasteiger charge is 2.27. The van der Waals surface area contributed by atoms with Crippen LogP contribution in [0, 0.1) is 6.92 Å². The second kappa shape index (κ2) is 5.38. The van der Waals surface area contributed by atoms with Gasteiger partial charge in [-0.2, -0.15) is 4.40 Å². The number of benzene rings is 2. The van der Waals surface area contributed by atoms with E-state index in [1.807, 2.05) is 23.6 Å². The van der Waals surface area contributed by atoms with Crippen molar-refractivity contribution in [1.82, 2.24) is 9.38 Å². The van der Waals surface area contributed by atoms with Gasteiger partial charge in [-0.25, -0.2) is 9.55 Å². The van der Waals surface area contributed by atoms with Crippen LogP contribution in [0.2, 0.25) is 0 Å². The van der Waals surface area contributed by atoms with Crippen LogP contribution < -0.4 is 4.57 Å². The number of aromatic nitrogens is 3. The Labute approximate surface area is 163 Å². The smallest absolute Gasteiger partial charge is 0.241 e. The summed E-state index contributed by atoms with van der Waals surface area (Å²) in [5.41, 5.74) is 3.79. The molecule has 0 aliphatic carbocycles. The lowest BCUT2D eigenvalue weighted by atomic mass is 10.0. The third kappa shape index (κ3) is 2.01. The number of aryl methyl sites for hydroxylation is 2. The number of rotatable bonds is 1. The van der Waals surface area contributed by atoms with Crippen molar-refractivity contribution in [2.45, 2.75) is 6.92 Å². The normalized spacial score (nSPS) is 12.1. The molecule has 4 aromatic heterocycles. The van der Waals surface area contributed by atoms with Gasteiger partial charge in [0, 0.05) is 21.7 Å². The van der Waals surface area contributed by atoms with Crippen LogP contribution in [0.1, 0.15) is 5.56 Å². The van der Waals surface area contributed by atoms with E-state index in [-0.39, 0.29) is 0 Å². The number of nitrogens with zero attached hydrogens (tertiary/aromatic N) is 3. The molecule has 0 saturated carbocycles. The second-order valence-corrected chi connectivity index (χ2v) is 8.96. The summed E-state index contributed by atoms with van der Waals surface area (Å²) in [4.78, 5) is 6.87. The van der Waals surface area contributed by atoms with Crippen molar-refractivity contribution in [2.24, 2.45) is 7.05 Å². The SMILES string of the molecule is Cc1ccc2c(sc3ccccc32)c1-c1n2c(c[n+]1C)sc1ncccc12. The molecule has 0 bridgehead atoms. The zero-order valence-corrected chi connectivity index (χ0v) is 16.6. The summed E-state index contributed by atoms with van der Waals surface area (Å²) >= 11 is 3.63. The summed E-state index contributed by atoms with van der Waals surface area (Å²) in [5.74, 6) is 1.22. The third-order valence-electron chi connectivity index (χ3n) is 5.24. The van der Waals surface area contributed by atoms with Crippen molar-refractivity contribution in [3.63, 3.8) is 0 Å². The van der Waals surface area contributed by atoms with Gasteiger partial charge < -0.3 is 0 Å². The van der Waals surface area contributed by atoms with Crippen LogP contribution in [-0.4, -0.2) is 9.38 Å². The van der Waals surface area contributed by atoms with Gasteiger partial charge in [0.25, 0.3) is 5.82 Å². The Balaban J connectivity index is 1.83. The van der Waals surface area contributed by atoms with E-state index in [0.717, 1.165) is 4.83 Å². The van der Waals surface area contributed by atoms with Crippen molar-refractivity contribution in [2.75, 3.05) is 0 Å². The Bertz CT molecular complexity index is 1500. The summed E-state index contributed by atoms with van der Waals surface area (Å²) < 4.78 is 7.31. The fourth-order valence-corrected chi connectivity index (χ4v) is 6.39. The molecule has 0 radical (unpaired) electrons. The Morgan fingerprint density at radius 2 is 1.85 bits per heavy atom. The lowest BCUT2D eigenvalue weighted by molar-refractivity contribution is -0.658. The molecule has 0 saturated heterocycles. The van der Waals surface area contributed by atoms with E-state index < -0.39 is 0 Å². The molecule has 0 fully saturated rings. The number of pyridine rings is 1. The molecule has 0 aliphatic heterocycles. The van der Waals surface area contributed by atoms with Gasteiger partial charge in [-0.1, -0.05) is 41.7 Å². The number of imidazole rings is 1. The van der Waals surface area contributed by atoms with E-state index in [1.165, 1.54) is 47.5 Å². The molecule has 2 aromatic carbocycles. The number of thiazole rings is 1. The lowest BCUT2D eigenvalue weighted by Crippen LogP contribution is -2.28. The lowest BCUT2D eigenvalue weighted by Gasteiger charge is -2.05. The maximum absolute atomic E-state index is 4.57. The maximum atomic E-state index is 4.57. The van der Waals surface area contributed by atoms with Gasteiger partial charge in [-0.15, -0.1) is 11.3 Å². The van der Waals surface area contributed by atoms with E-state index in [2.05, 4.69) is 76.6 Å². The van der Waals surface area contributed by atoms with Crippen LogP contribution in [0.25, 0.3) is 46.7 Å². The van der Waals surface area contributed by atoms with E-state index in [0.29, 0.717) is 0 Å². The molecular formula is C22H16N3S2+. The Hall–Kier alpha value is -2.76. The first-order chi connectivity index (χ1) is 13.2.